The number of aryl methyl sites for hydroxylation is 3. The summed E-state index contributed by atoms with van der Waals surface area (Å²) in [4.78, 5) is 11.4. The Morgan fingerprint density at radius 3 is 2.57 bits per heavy atom. The fourth-order valence-electron chi connectivity index (χ4n) is 4.39. The predicted molar refractivity (Wildman–Crippen MR) is 108 cm³/mol. The molecule has 0 radical (unpaired) electrons. The van der Waals surface area contributed by atoms with Crippen molar-refractivity contribution in [1.82, 2.24) is 20.4 Å². The van der Waals surface area contributed by atoms with Gasteiger partial charge in [-0.25, -0.2) is 4.98 Å². The second kappa shape index (κ2) is 8.17. The summed E-state index contributed by atoms with van der Waals surface area (Å²) in [6.45, 7) is 7.26. The first kappa shape index (κ1) is 19.3. The molecule has 2 N–H and O–H groups in total. The third kappa shape index (κ3) is 4.05. The Hall–Kier alpha value is -1.99. The van der Waals surface area contributed by atoms with Crippen LogP contribution in [-0.2, 0) is 0 Å². The normalized spacial score (nSPS) is 23.9. The zero-order valence-corrected chi connectivity index (χ0v) is 17.1. The highest BCUT2D eigenvalue weighted by Crippen LogP contribution is 2.32. The lowest BCUT2D eigenvalue weighted by Crippen LogP contribution is -2.55. The smallest absolute Gasteiger partial charge is 0.261 e. The quantitative estimate of drug-likeness (QED) is 0.837. The molecule has 4 rings (SSSR count). The van der Waals surface area contributed by atoms with Crippen molar-refractivity contribution in [2.45, 2.75) is 77.5 Å². The minimum atomic E-state index is -0.420. The van der Waals surface area contributed by atoms with Crippen LogP contribution in [0.4, 0.5) is 5.82 Å². The zero-order valence-electron chi connectivity index (χ0n) is 17.1. The van der Waals surface area contributed by atoms with Crippen molar-refractivity contribution < 1.29 is 9.63 Å². The van der Waals surface area contributed by atoms with Crippen LogP contribution in [0.5, 0.6) is 0 Å². The van der Waals surface area contributed by atoms with E-state index in [9.17, 15) is 5.11 Å². The van der Waals surface area contributed by atoms with Crippen molar-refractivity contribution >= 4 is 5.82 Å². The van der Waals surface area contributed by atoms with E-state index in [1.54, 1.807) is 0 Å². The standard InChI is InChI=1S/C21H31N5O2/c1-13-11-17(21-23-15(3)25-28-21)20(22-14(13)2)26-10-9-18(19(27)12-26)24-16-7-5-4-6-8-16/h11,16,18-19,24,27H,4-10,12H2,1-3H3/t18-,19+/m0/s1. The first-order chi connectivity index (χ1) is 13.5. The van der Waals surface area contributed by atoms with Gasteiger partial charge in [-0.2, -0.15) is 4.98 Å². The van der Waals surface area contributed by atoms with Crippen LogP contribution in [0.1, 0.15) is 55.6 Å². The minimum Gasteiger partial charge on any atom is -0.390 e. The van der Waals surface area contributed by atoms with Crippen LogP contribution < -0.4 is 10.2 Å². The van der Waals surface area contributed by atoms with Crippen molar-refractivity contribution in [1.29, 1.82) is 0 Å². The molecule has 1 aliphatic carbocycles. The van der Waals surface area contributed by atoms with E-state index in [0.717, 1.165) is 35.6 Å². The highest BCUT2D eigenvalue weighted by Gasteiger charge is 2.32. The topological polar surface area (TPSA) is 87.3 Å². The van der Waals surface area contributed by atoms with Gasteiger partial charge in [-0.05, 0) is 51.7 Å². The minimum absolute atomic E-state index is 0.153. The Balaban J connectivity index is 1.52. The first-order valence-corrected chi connectivity index (χ1v) is 10.5. The van der Waals surface area contributed by atoms with Gasteiger partial charge in [0.25, 0.3) is 5.89 Å². The number of aliphatic hydroxyl groups is 1. The summed E-state index contributed by atoms with van der Waals surface area (Å²) < 4.78 is 5.42. The van der Waals surface area contributed by atoms with Crippen LogP contribution in [-0.4, -0.2) is 51.5 Å². The summed E-state index contributed by atoms with van der Waals surface area (Å²) in [6.07, 6.45) is 6.87. The van der Waals surface area contributed by atoms with E-state index in [4.69, 9.17) is 9.51 Å². The summed E-state index contributed by atoms with van der Waals surface area (Å²) in [5.41, 5.74) is 2.91. The van der Waals surface area contributed by atoms with Crippen molar-refractivity contribution in [2.24, 2.45) is 0 Å². The molecule has 0 aromatic carbocycles. The van der Waals surface area contributed by atoms with Gasteiger partial charge in [-0.3, -0.25) is 0 Å². The number of piperidine rings is 1. The molecule has 0 spiro atoms. The summed E-state index contributed by atoms with van der Waals surface area (Å²) in [6, 6.07) is 2.76. The molecule has 3 heterocycles. The predicted octanol–water partition coefficient (Wildman–Crippen LogP) is 2.92. The molecule has 0 amide bonds. The van der Waals surface area contributed by atoms with E-state index in [2.05, 4.69) is 26.4 Å². The van der Waals surface area contributed by atoms with Gasteiger partial charge in [0.1, 0.15) is 5.82 Å². The van der Waals surface area contributed by atoms with Gasteiger partial charge in [-0.15, -0.1) is 0 Å². The third-order valence-corrected chi connectivity index (χ3v) is 6.14. The first-order valence-electron chi connectivity index (χ1n) is 10.5. The van der Waals surface area contributed by atoms with Crippen LogP contribution in [0.15, 0.2) is 10.6 Å². The lowest BCUT2D eigenvalue weighted by Gasteiger charge is -2.39. The number of nitrogens with zero attached hydrogens (tertiary/aromatic N) is 4. The molecule has 152 valence electrons. The summed E-state index contributed by atoms with van der Waals surface area (Å²) in [7, 11) is 0. The Morgan fingerprint density at radius 2 is 1.89 bits per heavy atom. The second-order valence-electron chi connectivity index (χ2n) is 8.32. The van der Waals surface area contributed by atoms with Gasteiger partial charge >= 0.3 is 0 Å². The fraction of sp³-hybridized carbons (Fsp3) is 0.667. The van der Waals surface area contributed by atoms with Crippen molar-refractivity contribution in [3.05, 3.63) is 23.1 Å². The van der Waals surface area contributed by atoms with E-state index in [1.807, 2.05) is 20.8 Å². The van der Waals surface area contributed by atoms with E-state index >= 15 is 0 Å². The molecule has 2 aliphatic rings. The molecular formula is C21H31N5O2. The SMILES string of the molecule is Cc1noc(-c2cc(C)c(C)nc2N2CC[C@H](NC3CCCCC3)[C@H](O)C2)n1. The van der Waals surface area contributed by atoms with Crippen LogP contribution >= 0.6 is 0 Å². The molecule has 1 saturated heterocycles. The molecule has 28 heavy (non-hydrogen) atoms. The number of aromatic nitrogens is 3. The molecule has 2 atom stereocenters. The Morgan fingerprint density at radius 1 is 1.11 bits per heavy atom. The highest BCUT2D eigenvalue weighted by atomic mass is 16.5. The Kier molecular flexibility index (Phi) is 5.64. The summed E-state index contributed by atoms with van der Waals surface area (Å²) in [5, 5.41) is 18.5. The average Bonchev–Trinajstić information content (AvgIpc) is 3.12. The van der Waals surface area contributed by atoms with Gasteiger partial charge in [0, 0.05) is 30.9 Å². The second-order valence-corrected chi connectivity index (χ2v) is 8.32. The number of anilines is 1. The van der Waals surface area contributed by atoms with Crippen LogP contribution in [0.2, 0.25) is 0 Å². The maximum atomic E-state index is 10.8. The molecule has 2 aromatic rings. The average molecular weight is 386 g/mol. The van der Waals surface area contributed by atoms with Crippen LogP contribution in [0, 0.1) is 20.8 Å². The molecule has 7 heteroatoms. The Bertz CT molecular complexity index is 815. The maximum Gasteiger partial charge on any atom is 0.261 e. The lowest BCUT2D eigenvalue weighted by molar-refractivity contribution is 0.103. The molecule has 0 unspecified atom stereocenters. The number of aliphatic hydroxyl groups excluding tert-OH is 1. The number of β-amino-alcohol motifs (C(OH)–C–C–N with tert-alkyl or cyclic N) is 1. The van der Waals surface area contributed by atoms with E-state index in [-0.39, 0.29) is 6.04 Å². The molecule has 1 aliphatic heterocycles. The van der Waals surface area contributed by atoms with Crippen molar-refractivity contribution in [3.63, 3.8) is 0 Å². The van der Waals surface area contributed by atoms with E-state index in [1.165, 1.54) is 32.1 Å². The zero-order chi connectivity index (χ0) is 19.7. The van der Waals surface area contributed by atoms with Crippen LogP contribution in [0.25, 0.3) is 11.5 Å². The Labute approximate surface area is 166 Å². The summed E-state index contributed by atoms with van der Waals surface area (Å²) in [5.74, 6) is 1.91. The number of hydrogen-bond donors (Lipinski definition) is 2. The number of rotatable bonds is 4. The van der Waals surface area contributed by atoms with E-state index in [0.29, 0.717) is 24.3 Å². The molecule has 2 fully saturated rings. The van der Waals surface area contributed by atoms with Gasteiger partial charge < -0.3 is 19.8 Å². The maximum absolute atomic E-state index is 10.8. The van der Waals surface area contributed by atoms with Gasteiger partial charge in [0.05, 0.1) is 11.7 Å². The van der Waals surface area contributed by atoms with Crippen molar-refractivity contribution in [2.75, 3.05) is 18.0 Å². The lowest BCUT2D eigenvalue weighted by atomic mass is 9.92. The van der Waals surface area contributed by atoms with Crippen LogP contribution in [0.3, 0.4) is 0 Å². The number of hydrogen-bond acceptors (Lipinski definition) is 7. The molecule has 1 saturated carbocycles. The fourth-order valence-corrected chi connectivity index (χ4v) is 4.39. The number of pyridine rings is 1. The molecular weight excluding hydrogens is 354 g/mol. The van der Waals surface area contributed by atoms with E-state index < -0.39 is 6.10 Å². The summed E-state index contributed by atoms with van der Waals surface area (Å²) >= 11 is 0. The van der Waals surface area contributed by atoms with Gasteiger partial charge in [0.2, 0.25) is 0 Å². The van der Waals surface area contributed by atoms with Gasteiger partial charge in [-0.1, -0.05) is 24.4 Å². The number of nitrogens with one attached hydrogen (secondary N) is 1. The highest BCUT2D eigenvalue weighted by molar-refractivity contribution is 5.71. The molecule has 0 bridgehead atoms. The molecule has 7 nitrogen and oxygen atoms in total. The largest absolute Gasteiger partial charge is 0.390 e. The van der Waals surface area contributed by atoms with Gasteiger partial charge in [0.15, 0.2) is 5.82 Å². The monoisotopic (exact) mass is 385 g/mol. The van der Waals surface area contributed by atoms with Crippen molar-refractivity contribution in [3.8, 4) is 11.5 Å². The third-order valence-electron chi connectivity index (χ3n) is 6.14. The molecule has 2 aromatic heterocycles.